The molecule has 0 unspecified atom stereocenters. The van der Waals surface area contributed by atoms with E-state index in [0.717, 1.165) is 23.6 Å². The zero-order valence-corrected chi connectivity index (χ0v) is 30.5. The quantitative estimate of drug-likeness (QED) is 0.105. The van der Waals surface area contributed by atoms with E-state index in [9.17, 15) is 59.8 Å². The van der Waals surface area contributed by atoms with E-state index in [1.54, 1.807) is 32.2 Å². The van der Waals surface area contributed by atoms with Crippen LogP contribution in [0.1, 0.15) is 54.6 Å². The van der Waals surface area contributed by atoms with Crippen LogP contribution in [-0.2, 0) is 25.3 Å². The first-order valence-electron chi connectivity index (χ1n) is 16.6. The van der Waals surface area contributed by atoms with E-state index in [2.05, 4.69) is 15.6 Å². The zero-order valence-electron chi connectivity index (χ0n) is 30.5. The molecule has 0 aliphatic carbocycles. The number of aliphatic carboxylic acids is 1. The van der Waals surface area contributed by atoms with Gasteiger partial charge in [-0.2, -0.15) is 13.2 Å². The van der Waals surface area contributed by atoms with E-state index in [0.29, 0.717) is 29.0 Å². The van der Waals surface area contributed by atoms with Gasteiger partial charge in [0.25, 0.3) is 11.5 Å². The summed E-state index contributed by atoms with van der Waals surface area (Å²) >= 11 is 0. The lowest BCUT2D eigenvalue weighted by Gasteiger charge is -2.18. The van der Waals surface area contributed by atoms with Gasteiger partial charge < -0.3 is 35.1 Å². The van der Waals surface area contributed by atoms with Crippen molar-refractivity contribution < 1.29 is 55.3 Å². The van der Waals surface area contributed by atoms with Crippen molar-refractivity contribution in [3.05, 3.63) is 116 Å². The number of fused-ring (bicyclic) bond motifs is 1. The number of halogens is 7. The van der Waals surface area contributed by atoms with Gasteiger partial charge in [-0.05, 0) is 57.2 Å². The van der Waals surface area contributed by atoms with Crippen molar-refractivity contribution in [3.8, 4) is 11.1 Å². The van der Waals surface area contributed by atoms with E-state index in [-0.39, 0.29) is 31.1 Å². The van der Waals surface area contributed by atoms with Gasteiger partial charge in [-0.25, -0.2) is 36.9 Å². The minimum atomic E-state index is -4.58. The number of carbonyl (C=O) groups is 3. The molecule has 0 aliphatic heterocycles. The van der Waals surface area contributed by atoms with Crippen LogP contribution in [-0.4, -0.2) is 70.9 Å². The summed E-state index contributed by atoms with van der Waals surface area (Å²) in [5.41, 5.74) is -2.20. The number of amides is 1. The molecule has 0 aliphatic rings. The third-order valence-electron chi connectivity index (χ3n) is 8.24. The largest absolute Gasteiger partial charge is 0.480 e. The molecular weight excluding hydrogens is 787 g/mol. The van der Waals surface area contributed by atoms with Gasteiger partial charge in [-0.15, -0.1) is 0 Å². The highest BCUT2D eigenvalue weighted by Gasteiger charge is 2.36. The molecule has 5 rings (SSSR count). The van der Waals surface area contributed by atoms with Gasteiger partial charge in [0.2, 0.25) is 0 Å². The van der Waals surface area contributed by atoms with Crippen LogP contribution >= 0.6 is 0 Å². The van der Waals surface area contributed by atoms with Gasteiger partial charge in [-0.3, -0.25) is 14.2 Å². The number of imidazole rings is 1. The number of nitrogens with zero attached hydrogens (tertiary/aromatic N) is 4. The average Bonchev–Trinajstić information content (AvgIpc) is 3.58. The molecule has 2 atom stereocenters. The van der Waals surface area contributed by atoms with Crippen LogP contribution in [0.4, 0.5) is 42.1 Å². The molecule has 0 radical (unpaired) electrons. The molecule has 58 heavy (non-hydrogen) atoms. The first-order chi connectivity index (χ1) is 26.5. The van der Waals surface area contributed by atoms with Gasteiger partial charge in [-0.1, -0.05) is 7.43 Å². The first-order valence-corrected chi connectivity index (χ1v) is 16.6. The van der Waals surface area contributed by atoms with Crippen LogP contribution in [0.3, 0.4) is 0 Å². The number of rotatable bonds is 11. The summed E-state index contributed by atoms with van der Waals surface area (Å²) in [5, 5.41) is 25.1. The number of aromatic nitrogens is 4. The molecule has 2 aromatic carbocycles. The second-order valence-electron chi connectivity index (χ2n) is 12.9. The topological polar surface area (TPSA) is 189 Å². The van der Waals surface area contributed by atoms with E-state index in [1.807, 2.05) is 5.32 Å². The number of carboxylic acid groups (broad SMARTS) is 2. The van der Waals surface area contributed by atoms with Crippen molar-refractivity contribution in [2.24, 2.45) is 14.1 Å². The Morgan fingerprint density at radius 2 is 1.36 bits per heavy atom. The summed E-state index contributed by atoms with van der Waals surface area (Å²) in [6.45, 7) is 4.32. The second-order valence-corrected chi connectivity index (χ2v) is 12.9. The van der Waals surface area contributed by atoms with Gasteiger partial charge in [0, 0.05) is 67.8 Å². The molecule has 3 aromatic heterocycles. The van der Waals surface area contributed by atoms with Crippen molar-refractivity contribution >= 4 is 34.9 Å². The van der Waals surface area contributed by atoms with E-state index in [4.69, 9.17) is 5.11 Å². The number of hydrogen-bond donors (Lipinski definition) is 5. The molecule has 1 amide bonds. The molecule has 3 heterocycles. The molecule has 0 spiro atoms. The summed E-state index contributed by atoms with van der Waals surface area (Å²) in [7, 11) is 2.86. The maximum Gasteiger partial charge on any atom is 0.408 e. The second kappa shape index (κ2) is 18.1. The number of hydrogen-bond acceptors (Lipinski definition) is 8. The Bertz CT molecular complexity index is 2430. The fourth-order valence-corrected chi connectivity index (χ4v) is 5.48. The molecule has 14 nitrogen and oxygen atoms in total. The third-order valence-corrected chi connectivity index (χ3v) is 8.24. The Balaban J connectivity index is 0.000000399. The molecule has 0 saturated carbocycles. The SMILES string of the molecule is C.CC(C)Nc1cc(F)c(C(=O)N[C@@H](Cc2ccc(-c3cn(C)c(=O)n(C)c3=O)c3nccn23)C(=O)O)c(F)c1.C[C@@H](Nc1cc(F)c(C(=O)O)c(F)c1)C(F)(F)F. The minimum absolute atomic E-state index is 0. The number of carboxylic acids is 2. The standard InChI is InChI=1S/C26H26F2N6O5.C10H8F5NO2.CH4/c1-13(2)30-14-9-18(27)21(19(28)10-14)23(35)31-20(25(37)38)11-15-5-6-16(22-29-7-8-34(15)22)17-12-32(3)26(39)33(4)24(17)36;1-4(10(13,14)15)16-5-2-6(11)8(9(17)18)7(12)3-5;/h5-10,12-13,20,30H,11H2,1-4H3,(H,31,35)(H,37,38);2-4,16H,1H3,(H,17,18);1H4/t20-;4-;/m01./s1. The maximum absolute atomic E-state index is 14.6. The van der Waals surface area contributed by atoms with Crippen molar-refractivity contribution in [2.45, 2.75) is 58.9 Å². The Kier molecular flexibility index (Phi) is 14.2. The highest BCUT2D eigenvalue weighted by molar-refractivity contribution is 5.97. The molecule has 5 aromatic rings. The number of anilines is 2. The first kappa shape index (κ1) is 45.7. The summed E-state index contributed by atoms with van der Waals surface area (Å²) in [5.74, 6) is -9.65. The summed E-state index contributed by atoms with van der Waals surface area (Å²) in [6, 6.07) is 2.34. The van der Waals surface area contributed by atoms with Crippen LogP contribution in [0.25, 0.3) is 16.8 Å². The lowest BCUT2D eigenvalue weighted by molar-refractivity contribution is -0.139. The monoisotopic (exact) mass is 825 g/mol. The number of nitrogens with one attached hydrogen (secondary N) is 3. The lowest BCUT2D eigenvalue weighted by Crippen LogP contribution is -2.43. The Labute approximate surface area is 324 Å². The summed E-state index contributed by atoms with van der Waals surface area (Å²) < 4.78 is 95.9. The van der Waals surface area contributed by atoms with E-state index >= 15 is 0 Å². The average molecular weight is 826 g/mol. The highest BCUT2D eigenvalue weighted by atomic mass is 19.4. The van der Waals surface area contributed by atoms with Crippen LogP contribution in [0, 0.1) is 23.3 Å². The number of pyridine rings is 1. The molecule has 0 fully saturated rings. The predicted octanol–water partition coefficient (Wildman–Crippen LogP) is 5.58. The highest BCUT2D eigenvalue weighted by Crippen LogP contribution is 2.26. The van der Waals surface area contributed by atoms with E-state index in [1.165, 1.54) is 35.5 Å². The minimum Gasteiger partial charge on any atom is -0.480 e. The Morgan fingerprint density at radius 3 is 1.86 bits per heavy atom. The third kappa shape index (κ3) is 10.2. The van der Waals surface area contributed by atoms with Crippen molar-refractivity contribution in [1.82, 2.24) is 23.8 Å². The van der Waals surface area contributed by atoms with Gasteiger partial charge in [0.15, 0.2) is 0 Å². The maximum atomic E-state index is 14.6. The molecule has 312 valence electrons. The number of benzene rings is 2. The van der Waals surface area contributed by atoms with Crippen molar-refractivity contribution in [2.75, 3.05) is 10.6 Å². The van der Waals surface area contributed by atoms with Gasteiger partial charge in [0.05, 0.1) is 5.56 Å². The van der Waals surface area contributed by atoms with E-state index < -0.39 is 87.4 Å². The zero-order chi connectivity index (χ0) is 42.7. The number of alkyl halides is 3. The Morgan fingerprint density at radius 1 is 0.828 bits per heavy atom. The Hall–Kier alpha value is -6.67. The number of aromatic carboxylic acids is 1. The van der Waals surface area contributed by atoms with Crippen LogP contribution in [0.15, 0.2) is 64.6 Å². The van der Waals surface area contributed by atoms with Crippen LogP contribution in [0.2, 0.25) is 0 Å². The molecule has 5 N–H and O–H groups in total. The fourth-order valence-electron chi connectivity index (χ4n) is 5.48. The van der Waals surface area contributed by atoms with Crippen LogP contribution < -0.4 is 27.2 Å². The van der Waals surface area contributed by atoms with Crippen molar-refractivity contribution in [1.29, 1.82) is 0 Å². The van der Waals surface area contributed by atoms with Crippen molar-refractivity contribution in [3.63, 3.8) is 0 Å². The van der Waals surface area contributed by atoms with Gasteiger partial charge in [0.1, 0.15) is 52.1 Å². The molecule has 21 heteroatoms. The van der Waals surface area contributed by atoms with Crippen LogP contribution in [0.5, 0.6) is 0 Å². The fraction of sp³-hybridized carbons (Fsp3) is 0.297. The molecular formula is C37H38F7N7O7. The number of aryl methyl sites for hydroxylation is 1. The lowest BCUT2D eigenvalue weighted by atomic mass is 10.1. The molecule has 0 bridgehead atoms. The van der Waals surface area contributed by atoms with Gasteiger partial charge >= 0.3 is 23.8 Å². The predicted molar refractivity (Wildman–Crippen MR) is 198 cm³/mol. The molecule has 0 saturated heterocycles. The normalized spacial score (nSPS) is 12.2. The smallest absolute Gasteiger partial charge is 0.408 e. The summed E-state index contributed by atoms with van der Waals surface area (Å²) in [6.07, 6.45) is -0.477. The number of carbonyl (C=O) groups excluding carboxylic acids is 1. The summed E-state index contributed by atoms with van der Waals surface area (Å²) in [4.78, 5) is 64.3.